The van der Waals surface area contributed by atoms with Gasteiger partial charge in [0.1, 0.15) is 0 Å². The SMILES string of the molecule is CCNC(Cc1ccc(C)c(C)c1)C1(C)CCCC1. The van der Waals surface area contributed by atoms with Gasteiger partial charge in [-0.1, -0.05) is 44.9 Å². The van der Waals surface area contributed by atoms with Crippen molar-refractivity contribution in [2.45, 2.75) is 65.8 Å². The first-order valence-corrected chi connectivity index (χ1v) is 7.84. The molecule has 19 heavy (non-hydrogen) atoms. The van der Waals surface area contributed by atoms with Gasteiger partial charge in [0, 0.05) is 6.04 Å². The van der Waals surface area contributed by atoms with Crippen LogP contribution in [0.1, 0.15) is 56.2 Å². The molecule has 1 saturated carbocycles. The van der Waals surface area contributed by atoms with Crippen LogP contribution in [0, 0.1) is 19.3 Å². The molecule has 1 heteroatoms. The summed E-state index contributed by atoms with van der Waals surface area (Å²) in [5, 5.41) is 3.75. The Balaban J connectivity index is 2.13. The van der Waals surface area contributed by atoms with Crippen molar-refractivity contribution < 1.29 is 0 Å². The summed E-state index contributed by atoms with van der Waals surface area (Å²) in [5.41, 5.74) is 4.80. The van der Waals surface area contributed by atoms with Gasteiger partial charge in [0.2, 0.25) is 0 Å². The van der Waals surface area contributed by atoms with E-state index in [4.69, 9.17) is 0 Å². The van der Waals surface area contributed by atoms with Gasteiger partial charge in [-0.2, -0.15) is 0 Å². The predicted molar refractivity (Wildman–Crippen MR) is 83.7 cm³/mol. The molecule has 1 aromatic rings. The average molecular weight is 259 g/mol. The van der Waals surface area contributed by atoms with Crippen LogP contribution >= 0.6 is 0 Å². The van der Waals surface area contributed by atoms with E-state index in [2.05, 4.69) is 51.2 Å². The quantitative estimate of drug-likeness (QED) is 0.826. The summed E-state index contributed by atoms with van der Waals surface area (Å²) < 4.78 is 0. The highest BCUT2D eigenvalue weighted by Gasteiger charge is 2.36. The number of benzene rings is 1. The largest absolute Gasteiger partial charge is 0.313 e. The Morgan fingerprint density at radius 3 is 2.42 bits per heavy atom. The average Bonchev–Trinajstić information content (AvgIpc) is 2.81. The molecule has 1 nitrogen and oxygen atoms in total. The maximum absolute atomic E-state index is 3.75. The van der Waals surface area contributed by atoms with Crippen LogP contribution in [0.15, 0.2) is 18.2 Å². The van der Waals surface area contributed by atoms with Gasteiger partial charge in [-0.15, -0.1) is 0 Å². The van der Waals surface area contributed by atoms with Crippen molar-refractivity contribution >= 4 is 0 Å². The van der Waals surface area contributed by atoms with Crippen molar-refractivity contribution in [3.05, 3.63) is 34.9 Å². The molecule has 0 aliphatic heterocycles. The second-order valence-electron chi connectivity index (χ2n) is 6.59. The lowest BCUT2D eigenvalue weighted by atomic mass is 9.77. The Hall–Kier alpha value is -0.820. The molecule has 1 N–H and O–H groups in total. The van der Waals surface area contributed by atoms with Crippen LogP contribution in [0.3, 0.4) is 0 Å². The van der Waals surface area contributed by atoms with Gasteiger partial charge in [-0.3, -0.25) is 0 Å². The maximum Gasteiger partial charge on any atom is 0.0161 e. The molecule has 0 amide bonds. The number of hydrogen-bond donors (Lipinski definition) is 1. The molecule has 0 radical (unpaired) electrons. The minimum Gasteiger partial charge on any atom is -0.313 e. The first-order chi connectivity index (χ1) is 9.05. The van der Waals surface area contributed by atoms with E-state index in [0.29, 0.717) is 11.5 Å². The van der Waals surface area contributed by atoms with Crippen molar-refractivity contribution in [3.63, 3.8) is 0 Å². The topological polar surface area (TPSA) is 12.0 Å². The van der Waals surface area contributed by atoms with Gasteiger partial charge in [-0.05, 0) is 61.8 Å². The van der Waals surface area contributed by atoms with Crippen molar-refractivity contribution in [2.24, 2.45) is 5.41 Å². The third kappa shape index (κ3) is 3.39. The minimum atomic E-state index is 0.495. The summed E-state index contributed by atoms with van der Waals surface area (Å²) in [5.74, 6) is 0. The zero-order valence-corrected chi connectivity index (χ0v) is 13.1. The molecular formula is C18H29N. The van der Waals surface area contributed by atoms with Crippen LogP contribution in [0.4, 0.5) is 0 Å². The highest BCUT2D eigenvalue weighted by Crippen LogP contribution is 2.41. The summed E-state index contributed by atoms with van der Waals surface area (Å²) in [6.45, 7) is 10.2. The third-order valence-corrected chi connectivity index (χ3v) is 5.05. The number of rotatable bonds is 5. The van der Waals surface area contributed by atoms with E-state index >= 15 is 0 Å². The van der Waals surface area contributed by atoms with E-state index in [0.717, 1.165) is 6.54 Å². The lowest BCUT2D eigenvalue weighted by Crippen LogP contribution is -2.43. The molecule has 1 fully saturated rings. The molecule has 0 saturated heterocycles. The summed E-state index contributed by atoms with van der Waals surface area (Å²) in [7, 11) is 0. The van der Waals surface area contributed by atoms with Crippen molar-refractivity contribution in [2.75, 3.05) is 6.54 Å². The standard InChI is InChI=1S/C18H29N/c1-5-19-17(18(4)10-6-7-11-18)13-16-9-8-14(2)15(3)12-16/h8-9,12,17,19H,5-7,10-11,13H2,1-4H3. The molecule has 1 aromatic carbocycles. The van der Waals surface area contributed by atoms with Crippen molar-refractivity contribution in [1.82, 2.24) is 5.32 Å². The number of aryl methyl sites for hydroxylation is 2. The zero-order valence-electron chi connectivity index (χ0n) is 13.1. The Labute approximate surface area is 118 Å². The molecule has 0 heterocycles. The fourth-order valence-electron chi connectivity index (χ4n) is 3.51. The second-order valence-corrected chi connectivity index (χ2v) is 6.59. The van der Waals surface area contributed by atoms with E-state index in [1.807, 2.05) is 0 Å². The normalized spacial score (nSPS) is 19.6. The van der Waals surface area contributed by atoms with Crippen molar-refractivity contribution in [1.29, 1.82) is 0 Å². The highest BCUT2D eigenvalue weighted by atomic mass is 14.9. The van der Waals surface area contributed by atoms with Gasteiger partial charge >= 0.3 is 0 Å². The lowest BCUT2D eigenvalue weighted by molar-refractivity contribution is 0.222. The minimum absolute atomic E-state index is 0.495. The number of hydrogen-bond acceptors (Lipinski definition) is 1. The van der Waals surface area contributed by atoms with Crippen LogP contribution in [0.25, 0.3) is 0 Å². The number of likely N-dealkylation sites (N-methyl/N-ethyl adjacent to an activating group) is 1. The summed E-state index contributed by atoms with van der Waals surface area (Å²) in [6.07, 6.45) is 6.76. The summed E-state index contributed by atoms with van der Waals surface area (Å²) in [6, 6.07) is 7.58. The van der Waals surface area contributed by atoms with E-state index in [1.54, 1.807) is 0 Å². The van der Waals surface area contributed by atoms with Crippen molar-refractivity contribution in [3.8, 4) is 0 Å². The molecule has 1 unspecified atom stereocenters. The predicted octanol–water partition coefficient (Wildman–Crippen LogP) is 4.40. The van der Waals surface area contributed by atoms with Gasteiger partial charge in [0.25, 0.3) is 0 Å². The van der Waals surface area contributed by atoms with Crippen LogP contribution < -0.4 is 5.32 Å². The molecular weight excluding hydrogens is 230 g/mol. The van der Waals surface area contributed by atoms with Gasteiger partial charge < -0.3 is 5.32 Å². The zero-order chi connectivity index (χ0) is 13.9. The van der Waals surface area contributed by atoms with E-state index in [-0.39, 0.29) is 0 Å². The van der Waals surface area contributed by atoms with Crippen LogP contribution in [-0.4, -0.2) is 12.6 Å². The van der Waals surface area contributed by atoms with Gasteiger partial charge in [0.15, 0.2) is 0 Å². The molecule has 0 bridgehead atoms. The maximum atomic E-state index is 3.75. The van der Waals surface area contributed by atoms with E-state index in [9.17, 15) is 0 Å². The van der Waals surface area contributed by atoms with Crippen LogP contribution in [0.2, 0.25) is 0 Å². The van der Waals surface area contributed by atoms with Gasteiger partial charge in [-0.25, -0.2) is 0 Å². The van der Waals surface area contributed by atoms with E-state index < -0.39 is 0 Å². The molecule has 1 atom stereocenters. The van der Waals surface area contributed by atoms with Crippen LogP contribution in [0.5, 0.6) is 0 Å². The fourth-order valence-corrected chi connectivity index (χ4v) is 3.51. The second kappa shape index (κ2) is 6.09. The smallest absolute Gasteiger partial charge is 0.0161 e. The molecule has 106 valence electrons. The molecule has 0 aromatic heterocycles. The van der Waals surface area contributed by atoms with Gasteiger partial charge in [0.05, 0.1) is 0 Å². The Morgan fingerprint density at radius 2 is 1.84 bits per heavy atom. The molecule has 1 aliphatic carbocycles. The fraction of sp³-hybridized carbons (Fsp3) is 0.667. The first-order valence-electron chi connectivity index (χ1n) is 7.84. The third-order valence-electron chi connectivity index (χ3n) is 5.05. The Kier molecular flexibility index (Phi) is 4.67. The van der Waals surface area contributed by atoms with Crippen LogP contribution in [-0.2, 0) is 6.42 Å². The molecule has 0 spiro atoms. The molecule has 2 rings (SSSR count). The summed E-state index contributed by atoms with van der Waals surface area (Å²) >= 11 is 0. The number of nitrogens with one attached hydrogen (secondary N) is 1. The first kappa shape index (κ1) is 14.6. The summed E-state index contributed by atoms with van der Waals surface area (Å²) in [4.78, 5) is 0. The lowest BCUT2D eigenvalue weighted by Gasteiger charge is -2.35. The Bertz CT molecular complexity index is 416. The van der Waals surface area contributed by atoms with E-state index in [1.165, 1.54) is 48.8 Å². The highest BCUT2D eigenvalue weighted by molar-refractivity contribution is 5.30. The Morgan fingerprint density at radius 1 is 1.16 bits per heavy atom. The molecule has 1 aliphatic rings. The monoisotopic (exact) mass is 259 g/mol.